The number of anilines is 2. The Hall–Kier alpha value is -1.05. The lowest BCUT2D eigenvalue weighted by molar-refractivity contribution is 0.601. The molecule has 0 amide bonds. The Morgan fingerprint density at radius 2 is 1.74 bits per heavy atom. The van der Waals surface area contributed by atoms with Gasteiger partial charge in [-0.3, -0.25) is 4.72 Å². The number of rotatable bonds is 3. The highest BCUT2D eigenvalue weighted by atomic mass is 79.9. The zero-order valence-corrected chi connectivity index (χ0v) is 13.6. The molecule has 0 aliphatic heterocycles. The van der Waals surface area contributed by atoms with Crippen LogP contribution in [-0.4, -0.2) is 8.42 Å². The van der Waals surface area contributed by atoms with E-state index in [0.29, 0.717) is 15.8 Å². The van der Waals surface area contributed by atoms with Gasteiger partial charge in [0.15, 0.2) is 0 Å². The summed E-state index contributed by atoms with van der Waals surface area (Å²) in [5, 5.41) is 0. The van der Waals surface area contributed by atoms with Gasteiger partial charge in [0.05, 0.1) is 10.6 Å². The lowest BCUT2D eigenvalue weighted by atomic mass is 10.3. The van der Waals surface area contributed by atoms with Crippen LogP contribution in [0.3, 0.4) is 0 Å². The fourth-order valence-electron chi connectivity index (χ4n) is 1.46. The minimum Gasteiger partial charge on any atom is -0.399 e. The maximum absolute atomic E-state index is 12.2. The Labute approximate surface area is 128 Å². The van der Waals surface area contributed by atoms with Crippen molar-refractivity contribution in [2.75, 3.05) is 10.5 Å². The van der Waals surface area contributed by atoms with Gasteiger partial charge in [0.25, 0.3) is 10.0 Å². The minimum absolute atomic E-state index is 0.171. The molecule has 0 bridgehead atoms. The van der Waals surface area contributed by atoms with E-state index < -0.39 is 10.0 Å². The van der Waals surface area contributed by atoms with E-state index >= 15 is 0 Å². The fourth-order valence-corrected chi connectivity index (χ4v) is 3.31. The molecule has 7 heteroatoms. The molecule has 2 rings (SSSR count). The lowest BCUT2D eigenvalue weighted by Gasteiger charge is -2.09. The molecule has 19 heavy (non-hydrogen) atoms. The van der Waals surface area contributed by atoms with E-state index in [1.54, 1.807) is 30.3 Å². The molecular weight excluding hydrogens is 396 g/mol. The molecule has 3 N–H and O–H groups in total. The van der Waals surface area contributed by atoms with Crippen molar-refractivity contribution in [1.82, 2.24) is 0 Å². The smallest absolute Gasteiger partial charge is 0.261 e. The first-order valence-corrected chi connectivity index (χ1v) is 8.29. The quantitative estimate of drug-likeness (QED) is 0.766. The molecule has 2 aromatic carbocycles. The number of sulfonamides is 1. The van der Waals surface area contributed by atoms with Gasteiger partial charge in [-0.05, 0) is 68.3 Å². The third-order valence-corrected chi connectivity index (χ3v) is 5.60. The number of hydrogen-bond acceptors (Lipinski definition) is 3. The highest BCUT2D eigenvalue weighted by Crippen LogP contribution is 2.27. The predicted molar refractivity (Wildman–Crippen MR) is 83.5 cm³/mol. The molecule has 0 heterocycles. The van der Waals surface area contributed by atoms with Crippen molar-refractivity contribution >= 4 is 53.3 Å². The van der Waals surface area contributed by atoms with Crippen molar-refractivity contribution < 1.29 is 8.42 Å². The summed E-state index contributed by atoms with van der Waals surface area (Å²) in [4.78, 5) is 0.171. The number of nitrogen functional groups attached to an aromatic ring is 1. The van der Waals surface area contributed by atoms with Crippen molar-refractivity contribution in [2.45, 2.75) is 4.90 Å². The molecule has 0 unspecified atom stereocenters. The summed E-state index contributed by atoms with van der Waals surface area (Å²) < 4.78 is 28.3. The van der Waals surface area contributed by atoms with E-state index in [4.69, 9.17) is 5.73 Å². The van der Waals surface area contributed by atoms with Gasteiger partial charge in [-0.1, -0.05) is 6.07 Å². The number of nitrogens with one attached hydrogen (secondary N) is 1. The highest BCUT2D eigenvalue weighted by molar-refractivity contribution is 9.13. The molecule has 0 aliphatic rings. The zero-order valence-electron chi connectivity index (χ0n) is 9.60. The van der Waals surface area contributed by atoms with Crippen molar-refractivity contribution in [3.63, 3.8) is 0 Å². The van der Waals surface area contributed by atoms with Gasteiger partial charge in [0, 0.05) is 14.6 Å². The van der Waals surface area contributed by atoms with Gasteiger partial charge in [0.2, 0.25) is 0 Å². The summed E-state index contributed by atoms with van der Waals surface area (Å²) in [7, 11) is -3.63. The Morgan fingerprint density at radius 3 is 2.37 bits per heavy atom. The Bertz CT molecular complexity index is 717. The summed E-state index contributed by atoms with van der Waals surface area (Å²) in [6, 6.07) is 11.3. The maximum atomic E-state index is 12.2. The van der Waals surface area contributed by atoms with Gasteiger partial charge in [-0.25, -0.2) is 8.42 Å². The van der Waals surface area contributed by atoms with E-state index in [0.717, 1.165) is 4.47 Å². The molecule has 0 saturated carbocycles. The third-order valence-electron chi connectivity index (χ3n) is 2.34. The molecule has 0 saturated heterocycles. The maximum Gasteiger partial charge on any atom is 0.261 e. The van der Waals surface area contributed by atoms with Crippen LogP contribution in [0.15, 0.2) is 56.3 Å². The second-order valence-electron chi connectivity index (χ2n) is 3.81. The zero-order chi connectivity index (χ0) is 14.0. The molecule has 100 valence electrons. The fraction of sp³-hybridized carbons (Fsp3) is 0. The molecule has 0 aliphatic carbocycles. The topological polar surface area (TPSA) is 72.2 Å². The van der Waals surface area contributed by atoms with Crippen LogP contribution in [0.25, 0.3) is 0 Å². The van der Waals surface area contributed by atoms with Gasteiger partial charge >= 0.3 is 0 Å². The number of hydrogen-bond donors (Lipinski definition) is 2. The standard InChI is InChI=1S/C12H10Br2N2O2S/c13-11-5-4-10(7-12(11)14)19(17,18)16-9-3-1-2-8(15)6-9/h1-7,16H,15H2. The summed E-state index contributed by atoms with van der Waals surface area (Å²) in [6.07, 6.45) is 0. The molecule has 0 aromatic heterocycles. The number of benzene rings is 2. The first-order chi connectivity index (χ1) is 8.88. The second kappa shape index (κ2) is 5.52. The van der Waals surface area contributed by atoms with Gasteiger partial charge in [-0.15, -0.1) is 0 Å². The summed E-state index contributed by atoms with van der Waals surface area (Å²) in [5.74, 6) is 0. The Balaban J connectivity index is 2.35. The van der Waals surface area contributed by atoms with Gasteiger partial charge < -0.3 is 5.73 Å². The predicted octanol–water partition coefficient (Wildman–Crippen LogP) is 3.59. The van der Waals surface area contributed by atoms with E-state index in [2.05, 4.69) is 36.6 Å². The normalized spacial score (nSPS) is 11.3. The van der Waals surface area contributed by atoms with E-state index in [1.807, 2.05) is 0 Å². The lowest BCUT2D eigenvalue weighted by Crippen LogP contribution is -2.13. The second-order valence-corrected chi connectivity index (χ2v) is 7.20. The molecule has 0 fully saturated rings. The first-order valence-electron chi connectivity index (χ1n) is 5.22. The average molecular weight is 406 g/mol. The van der Waals surface area contributed by atoms with Crippen LogP contribution in [0.1, 0.15) is 0 Å². The van der Waals surface area contributed by atoms with E-state index in [1.165, 1.54) is 12.1 Å². The van der Waals surface area contributed by atoms with Gasteiger partial charge in [-0.2, -0.15) is 0 Å². The molecule has 0 spiro atoms. The Kier molecular flexibility index (Phi) is 4.17. The van der Waals surface area contributed by atoms with Crippen LogP contribution in [0.5, 0.6) is 0 Å². The summed E-state index contributed by atoms with van der Waals surface area (Å²) in [5.41, 5.74) is 6.54. The molecular formula is C12H10Br2N2O2S. The molecule has 2 aromatic rings. The molecule has 4 nitrogen and oxygen atoms in total. The highest BCUT2D eigenvalue weighted by Gasteiger charge is 2.15. The molecule has 0 atom stereocenters. The van der Waals surface area contributed by atoms with E-state index in [9.17, 15) is 8.42 Å². The first kappa shape index (κ1) is 14.4. The summed E-state index contributed by atoms with van der Waals surface area (Å²) in [6.45, 7) is 0. The van der Waals surface area contributed by atoms with Crippen molar-refractivity contribution in [3.8, 4) is 0 Å². The van der Waals surface area contributed by atoms with Gasteiger partial charge in [0.1, 0.15) is 0 Å². The monoisotopic (exact) mass is 404 g/mol. The largest absolute Gasteiger partial charge is 0.399 e. The average Bonchev–Trinajstić information content (AvgIpc) is 2.32. The molecule has 0 radical (unpaired) electrons. The van der Waals surface area contributed by atoms with Crippen molar-refractivity contribution in [2.24, 2.45) is 0 Å². The Morgan fingerprint density at radius 1 is 1.00 bits per heavy atom. The van der Waals surface area contributed by atoms with Crippen LogP contribution < -0.4 is 10.5 Å². The van der Waals surface area contributed by atoms with Crippen LogP contribution in [0.4, 0.5) is 11.4 Å². The third kappa shape index (κ3) is 3.49. The van der Waals surface area contributed by atoms with Crippen LogP contribution >= 0.6 is 31.9 Å². The SMILES string of the molecule is Nc1cccc(NS(=O)(=O)c2ccc(Br)c(Br)c2)c1. The van der Waals surface area contributed by atoms with Crippen LogP contribution in [0.2, 0.25) is 0 Å². The van der Waals surface area contributed by atoms with Crippen LogP contribution in [-0.2, 0) is 10.0 Å². The van der Waals surface area contributed by atoms with Crippen molar-refractivity contribution in [3.05, 3.63) is 51.4 Å². The number of nitrogens with two attached hydrogens (primary N) is 1. The summed E-state index contributed by atoms with van der Waals surface area (Å²) >= 11 is 6.57. The number of halogens is 2. The van der Waals surface area contributed by atoms with Crippen molar-refractivity contribution in [1.29, 1.82) is 0 Å². The van der Waals surface area contributed by atoms with E-state index in [-0.39, 0.29) is 4.90 Å². The van der Waals surface area contributed by atoms with Crippen LogP contribution in [0, 0.1) is 0 Å². The minimum atomic E-state index is -3.63.